The van der Waals surface area contributed by atoms with Gasteiger partial charge in [0.1, 0.15) is 5.69 Å². The summed E-state index contributed by atoms with van der Waals surface area (Å²) in [6, 6.07) is 15.6. The summed E-state index contributed by atoms with van der Waals surface area (Å²) >= 11 is 0. The van der Waals surface area contributed by atoms with Crippen molar-refractivity contribution in [2.75, 3.05) is 23.3 Å². The molecule has 5 nitrogen and oxygen atoms in total. The Hall–Kier alpha value is -2.95. The van der Waals surface area contributed by atoms with Gasteiger partial charge in [-0.1, -0.05) is 12.1 Å². The monoisotopic (exact) mass is 332 g/mol. The maximum Gasteiger partial charge on any atom is 0.276 e. The first-order valence-corrected chi connectivity index (χ1v) is 8.60. The van der Waals surface area contributed by atoms with Gasteiger partial charge in [-0.05, 0) is 56.2 Å². The number of hydrogen-bond donors (Lipinski definition) is 1. The number of nitrogens with one attached hydrogen (secondary N) is 1. The second-order valence-corrected chi connectivity index (χ2v) is 6.34. The van der Waals surface area contributed by atoms with E-state index in [9.17, 15) is 4.79 Å². The fraction of sp³-hybridized carbons (Fsp3) is 0.250. The van der Waals surface area contributed by atoms with E-state index in [-0.39, 0.29) is 5.91 Å². The number of carbonyl (C=O) groups is 1. The molecule has 126 valence electrons. The van der Waals surface area contributed by atoms with Crippen molar-refractivity contribution >= 4 is 28.3 Å². The van der Waals surface area contributed by atoms with Crippen LogP contribution in [0.25, 0.3) is 11.0 Å². The van der Waals surface area contributed by atoms with Crippen LogP contribution in [0.15, 0.2) is 48.5 Å². The van der Waals surface area contributed by atoms with Crippen LogP contribution in [0.2, 0.25) is 0 Å². The third kappa shape index (κ3) is 3.18. The number of carbonyl (C=O) groups excluding carboxylic acids is 1. The average molecular weight is 332 g/mol. The molecule has 0 unspecified atom stereocenters. The Morgan fingerprint density at radius 1 is 0.960 bits per heavy atom. The van der Waals surface area contributed by atoms with Gasteiger partial charge < -0.3 is 10.2 Å². The SMILES string of the molecule is Cc1nc2ccccc2nc1C(=O)Nc1ccc(N2CCCC2)cc1. The Bertz CT molecular complexity index is 915. The molecule has 1 amide bonds. The Kier molecular flexibility index (Phi) is 4.06. The maximum atomic E-state index is 12.6. The van der Waals surface area contributed by atoms with Gasteiger partial charge in [0.05, 0.1) is 16.7 Å². The Labute approximate surface area is 146 Å². The number of aromatic nitrogens is 2. The summed E-state index contributed by atoms with van der Waals surface area (Å²) in [5, 5.41) is 2.92. The molecule has 4 rings (SSSR count). The third-order valence-electron chi connectivity index (χ3n) is 4.56. The third-order valence-corrected chi connectivity index (χ3v) is 4.56. The zero-order valence-corrected chi connectivity index (χ0v) is 14.2. The van der Waals surface area contributed by atoms with Gasteiger partial charge in [-0.15, -0.1) is 0 Å². The van der Waals surface area contributed by atoms with E-state index < -0.39 is 0 Å². The number of rotatable bonds is 3. The van der Waals surface area contributed by atoms with Crippen LogP contribution in [0.1, 0.15) is 29.0 Å². The average Bonchev–Trinajstić information content (AvgIpc) is 3.16. The Morgan fingerprint density at radius 2 is 1.60 bits per heavy atom. The number of fused-ring (bicyclic) bond motifs is 1. The highest BCUT2D eigenvalue weighted by atomic mass is 16.1. The minimum absolute atomic E-state index is 0.232. The largest absolute Gasteiger partial charge is 0.372 e. The molecule has 25 heavy (non-hydrogen) atoms. The van der Waals surface area contributed by atoms with E-state index in [2.05, 4.69) is 32.3 Å². The summed E-state index contributed by atoms with van der Waals surface area (Å²) in [7, 11) is 0. The molecule has 0 bridgehead atoms. The summed E-state index contributed by atoms with van der Waals surface area (Å²) in [6.45, 7) is 4.03. The predicted octanol–water partition coefficient (Wildman–Crippen LogP) is 3.79. The van der Waals surface area contributed by atoms with Gasteiger partial charge in [0, 0.05) is 24.5 Å². The van der Waals surface area contributed by atoms with Crippen molar-refractivity contribution in [3.63, 3.8) is 0 Å². The van der Waals surface area contributed by atoms with Crippen molar-refractivity contribution in [3.8, 4) is 0 Å². The molecule has 5 heteroatoms. The smallest absolute Gasteiger partial charge is 0.276 e. The summed E-state index contributed by atoms with van der Waals surface area (Å²) in [6.07, 6.45) is 2.50. The van der Waals surface area contributed by atoms with Gasteiger partial charge in [-0.3, -0.25) is 4.79 Å². The summed E-state index contributed by atoms with van der Waals surface area (Å²) < 4.78 is 0. The van der Waals surface area contributed by atoms with Crippen LogP contribution < -0.4 is 10.2 Å². The zero-order chi connectivity index (χ0) is 17.2. The van der Waals surface area contributed by atoms with Gasteiger partial charge in [0.2, 0.25) is 0 Å². The molecule has 3 aromatic rings. The maximum absolute atomic E-state index is 12.6. The van der Waals surface area contributed by atoms with Crippen molar-refractivity contribution in [1.29, 1.82) is 0 Å². The lowest BCUT2D eigenvalue weighted by atomic mass is 10.2. The normalized spacial score (nSPS) is 14.0. The van der Waals surface area contributed by atoms with E-state index in [4.69, 9.17) is 0 Å². The fourth-order valence-electron chi connectivity index (χ4n) is 3.22. The first kappa shape index (κ1) is 15.6. The number of nitrogens with zero attached hydrogens (tertiary/aromatic N) is 3. The van der Waals surface area contributed by atoms with E-state index in [1.54, 1.807) is 0 Å². The van der Waals surface area contributed by atoms with Crippen LogP contribution in [0.4, 0.5) is 11.4 Å². The van der Waals surface area contributed by atoms with Crippen molar-refractivity contribution in [1.82, 2.24) is 9.97 Å². The summed E-state index contributed by atoms with van der Waals surface area (Å²) in [4.78, 5) is 23.9. The van der Waals surface area contributed by atoms with Crippen LogP contribution >= 0.6 is 0 Å². The number of aryl methyl sites for hydroxylation is 1. The number of anilines is 2. The standard InChI is InChI=1S/C20H20N4O/c1-14-19(23-18-7-3-2-6-17(18)21-14)20(25)22-15-8-10-16(11-9-15)24-12-4-5-13-24/h2-3,6-11H,4-5,12-13H2,1H3,(H,22,25). The number of amides is 1. The van der Waals surface area contributed by atoms with E-state index in [1.807, 2.05) is 43.3 Å². The van der Waals surface area contributed by atoms with Gasteiger partial charge in [-0.25, -0.2) is 9.97 Å². The van der Waals surface area contributed by atoms with E-state index in [1.165, 1.54) is 18.5 Å². The first-order valence-electron chi connectivity index (χ1n) is 8.60. The molecule has 0 aliphatic carbocycles. The van der Waals surface area contributed by atoms with Gasteiger partial charge in [0.15, 0.2) is 0 Å². The lowest BCUT2D eigenvalue weighted by Gasteiger charge is -2.17. The molecule has 0 atom stereocenters. The van der Waals surface area contributed by atoms with Crippen molar-refractivity contribution < 1.29 is 4.79 Å². The van der Waals surface area contributed by atoms with Crippen LogP contribution in [0.5, 0.6) is 0 Å². The molecule has 1 aliphatic heterocycles. The summed E-state index contributed by atoms with van der Waals surface area (Å²) in [5.74, 6) is -0.232. The zero-order valence-electron chi connectivity index (χ0n) is 14.2. The molecule has 0 spiro atoms. The minimum atomic E-state index is -0.232. The van der Waals surface area contributed by atoms with E-state index in [0.29, 0.717) is 11.4 Å². The molecule has 1 aromatic heterocycles. The number of para-hydroxylation sites is 2. The second-order valence-electron chi connectivity index (χ2n) is 6.34. The molecule has 2 aromatic carbocycles. The molecule has 1 aliphatic rings. The second kappa shape index (κ2) is 6.51. The van der Waals surface area contributed by atoms with Crippen LogP contribution in [0.3, 0.4) is 0 Å². The topological polar surface area (TPSA) is 58.1 Å². The number of hydrogen-bond acceptors (Lipinski definition) is 4. The number of benzene rings is 2. The van der Waals surface area contributed by atoms with Crippen molar-refractivity contribution in [3.05, 3.63) is 59.9 Å². The molecule has 1 fully saturated rings. The molecule has 0 saturated carbocycles. The van der Waals surface area contributed by atoms with Crippen LogP contribution in [-0.4, -0.2) is 29.0 Å². The quantitative estimate of drug-likeness (QED) is 0.793. The summed E-state index contributed by atoms with van der Waals surface area (Å²) in [5.41, 5.74) is 4.49. The molecular formula is C20H20N4O. The van der Waals surface area contributed by atoms with Gasteiger partial charge in [-0.2, -0.15) is 0 Å². The van der Waals surface area contributed by atoms with Gasteiger partial charge in [0.25, 0.3) is 5.91 Å². The lowest BCUT2D eigenvalue weighted by Crippen LogP contribution is -2.18. The highest BCUT2D eigenvalue weighted by molar-refractivity contribution is 6.04. The highest BCUT2D eigenvalue weighted by Crippen LogP contribution is 2.22. The molecule has 1 N–H and O–H groups in total. The molecule has 2 heterocycles. The molecule has 1 saturated heterocycles. The Balaban J connectivity index is 1.54. The van der Waals surface area contributed by atoms with E-state index in [0.717, 1.165) is 29.8 Å². The highest BCUT2D eigenvalue weighted by Gasteiger charge is 2.15. The predicted molar refractivity (Wildman–Crippen MR) is 100 cm³/mol. The molecule has 0 radical (unpaired) electrons. The van der Waals surface area contributed by atoms with Gasteiger partial charge >= 0.3 is 0 Å². The van der Waals surface area contributed by atoms with Crippen LogP contribution in [-0.2, 0) is 0 Å². The Morgan fingerprint density at radius 3 is 2.28 bits per heavy atom. The first-order chi connectivity index (χ1) is 12.2. The fourth-order valence-corrected chi connectivity index (χ4v) is 3.22. The lowest BCUT2D eigenvalue weighted by molar-refractivity contribution is 0.102. The van der Waals surface area contributed by atoms with Crippen molar-refractivity contribution in [2.24, 2.45) is 0 Å². The van der Waals surface area contributed by atoms with Crippen molar-refractivity contribution in [2.45, 2.75) is 19.8 Å². The molecular weight excluding hydrogens is 312 g/mol. The van der Waals surface area contributed by atoms with Crippen LogP contribution in [0, 0.1) is 6.92 Å². The minimum Gasteiger partial charge on any atom is -0.372 e. The van der Waals surface area contributed by atoms with E-state index >= 15 is 0 Å².